The first-order valence-corrected chi connectivity index (χ1v) is 6.85. The molecule has 0 bridgehead atoms. The highest BCUT2D eigenvalue weighted by Crippen LogP contribution is 2.13. The van der Waals surface area contributed by atoms with Crippen molar-refractivity contribution in [1.29, 1.82) is 0 Å². The molecule has 1 aliphatic heterocycles. The Morgan fingerprint density at radius 3 is 2.50 bits per heavy atom. The molecule has 0 saturated carbocycles. The Morgan fingerprint density at radius 2 is 1.90 bits per heavy atom. The molecule has 1 saturated heterocycles. The Labute approximate surface area is 129 Å². The Kier molecular flexibility index (Phi) is 4.41. The van der Waals surface area contributed by atoms with Crippen LogP contribution in [0.25, 0.3) is 0 Å². The molecule has 0 aliphatic carbocycles. The van der Waals surface area contributed by atoms with Crippen LogP contribution in [0.5, 0.6) is 0 Å². The highest BCUT2D eigenvalue weighted by Gasteiger charge is 2.41. The van der Waals surface area contributed by atoms with Gasteiger partial charge in [0.05, 0.1) is 6.21 Å². The van der Waals surface area contributed by atoms with Gasteiger partial charge < -0.3 is 0 Å². The van der Waals surface area contributed by atoms with Gasteiger partial charge in [-0.25, -0.2) is 0 Å². The number of halogens is 1. The highest BCUT2D eigenvalue weighted by molar-refractivity contribution is 9.10. The molecule has 1 heterocycles. The van der Waals surface area contributed by atoms with Crippen LogP contribution in [-0.4, -0.2) is 39.6 Å². The molecule has 0 aromatic heterocycles. The van der Waals surface area contributed by atoms with Crippen LogP contribution in [0, 0.1) is 0 Å². The van der Waals surface area contributed by atoms with Gasteiger partial charge in [0.1, 0.15) is 0 Å². The molecule has 0 radical (unpaired) electrons. The summed E-state index contributed by atoms with van der Waals surface area (Å²) in [5, 5.41) is 4.96. The maximum absolute atomic E-state index is 11.8. The minimum atomic E-state index is -0.759. The van der Waals surface area contributed by atoms with Crippen molar-refractivity contribution in [3.8, 4) is 0 Å². The molecule has 2 rings (SSSR count). The van der Waals surface area contributed by atoms with Crippen LogP contribution in [0.15, 0.2) is 46.5 Å². The second kappa shape index (κ2) is 6.06. The van der Waals surface area contributed by atoms with E-state index in [0.717, 1.165) is 19.9 Å². The predicted octanol–water partition coefficient (Wildman–Crippen LogP) is 1.92. The first-order valence-electron chi connectivity index (χ1n) is 5.65. The van der Waals surface area contributed by atoms with Crippen LogP contribution >= 0.6 is 28.1 Å². The summed E-state index contributed by atoms with van der Waals surface area (Å²) in [7, 11) is 0. The smallest absolute Gasteiger partial charge is 0.275 e. The van der Waals surface area contributed by atoms with Crippen molar-refractivity contribution in [3.05, 3.63) is 47.0 Å². The maximum atomic E-state index is 11.8. The number of carbonyl (C=O) groups excluding carboxylic acids is 2. The molecule has 1 aromatic carbocycles. The van der Waals surface area contributed by atoms with E-state index in [2.05, 4.69) is 27.6 Å². The first-order chi connectivity index (χ1) is 9.54. The number of rotatable bonds is 4. The lowest BCUT2D eigenvalue weighted by Gasteiger charge is -2.12. The molecule has 5 nitrogen and oxygen atoms in total. The maximum Gasteiger partial charge on any atom is 0.339 e. The van der Waals surface area contributed by atoms with Crippen molar-refractivity contribution in [2.75, 3.05) is 6.54 Å². The van der Waals surface area contributed by atoms with Crippen molar-refractivity contribution in [3.63, 3.8) is 0 Å². The average molecular weight is 352 g/mol. The second-order valence-corrected chi connectivity index (χ2v) is 5.18. The summed E-state index contributed by atoms with van der Waals surface area (Å²) in [6.07, 6.45) is 2.97. The van der Waals surface area contributed by atoms with Crippen molar-refractivity contribution in [2.24, 2.45) is 5.10 Å². The summed E-state index contributed by atoms with van der Waals surface area (Å²) < 4.78 is 0.940. The van der Waals surface area contributed by atoms with Gasteiger partial charge in [0.15, 0.2) is 0 Å². The lowest BCUT2D eigenvalue weighted by atomic mass is 10.2. The van der Waals surface area contributed by atoms with Gasteiger partial charge in [0.25, 0.3) is 0 Å². The van der Waals surface area contributed by atoms with Gasteiger partial charge in [-0.3, -0.25) is 14.5 Å². The van der Waals surface area contributed by atoms with E-state index in [4.69, 9.17) is 12.2 Å². The molecule has 1 aliphatic rings. The molecular weight excluding hydrogens is 342 g/mol. The van der Waals surface area contributed by atoms with Gasteiger partial charge >= 0.3 is 11.8 Å². The Balaban J connectivity index is 2.18. The van der Waals surface area contributed by atoms with Crippen molar-refractivity contribution in [1.82, 2.24) is 9.91 Å². The van der Waals surface area contributed by atoms with E-state index in [1.54, 1.807) is 0 Å². The van der Waals surface area contributed by atoms with Crippen molar-refractivity contribution in [2.45, 2.75) is 0 Å². The number of amides is 2. The van der Waals surface area contributed by atoms with Crippen LogP contribution < -0.4 is 0 Å². The quantitative estimate of drug-likeness (QED) is 0.360. The third-order valence-electron chi connectivity index (χ3n) is 2.54. The van der Waals surface area contributed by atoms with Gasteiger partial charge in [-0.05, 0) is 29.9 Å². The Bertz CT molecular complexity index is 613. The van der Waals surface area contributed by atoms with Crippen LogP contribution in [0.3, 0.4) is 0 Å². The largest absolute Gasteiger partial charge is 0.339 e. The molecule has 1 fully saturated rings. The van der Waals surface area contributed by atoms with E-state index in [-0.39, 0.29) is 11.7 Å². The van der Waals surface area contributed by atoms with Crippen molar-refractivity contribution < 1.29 is 9.59 Å². The van der Waals surface area contributed by atoms with E-state index >= 15 is 0 Å². The normalized spacial score (nSPS) is 15.6. The molecule has 2 amide bonds. The Hall–Kier alpha value is -1.86. The zero-order chi connectivity index (χ0) is 14.7. The third kappa shape index (κ3) is 2.83. The van der Waals surface area contributed by atoms with Crippen LogP contribution in [0.4, 0.5) is 0 Å². The Morgan fingerprint density at radius 1 is 1.25 bits per heavy atom. The summed E-state index contributed by atoms with van der Waals surface area (Å²) in [6, 6.07) is 7.34. The highest BCUT2D eigenvalue weighted by atomic mass is 79.9. The molecule has 0 unspecified atom stereocenters. The molecule has 1 aromatic rings. The van der Waals surface area contributed by atoms with Crippen LogP contribution in [0.1, 0.15) is 5.56 Å². The number of hydrazone groups is 1. The van der Waals surface area contributed by atoms with Gasteiger partial charge in [-0.2, -0.15) is 10.1 Å². The molecule has 102 valence electrons. The number of carbonyl (C=O) groups is 2. The van der Waals surface area contributed by atoms with Crippen molar-refractivity contribution >= 4 is 51.3 Å². The van der Waals surface area contributed by atoms with E-state index in [1.165, 1.54) is 12.3 Å². The number of thiocarbonyl (C=S) groups is 1. The number of hydrogen-bond donors (Lipinski definition) is 0. The zero-order valence-electron chi connectivity index (χ0n) is 10.3. The molecule has 20 heavy (non-hydrogen) atoms. The molecular formula is C13H10BrN3O2S. The molecule has 7 heteroatoms. The number of hydrogen-bond acceptors (Lipinski definition) is 4. The fourth-order valence-corrected chi connectivity index (χ4v) is 2.11. The summed E-state index contributed by atoms with van der Waals surface area (Å²) in [5.74, 6) is -1.45. The summed E-state index contributed by atoms with van der Waals surface area (Å²) in [4.78, 5) is 24.6. The van der Waals surface area contributed by atoms with Gasteiger partial charge in [0, 0.05) is 11.0 Å². The number of benzene rings is 1. The topological polar surface area (TPSA) is 53.0 Å². The average Bonchev–Trinajstić information content (AvgIpc) is 2.63. The minimum absolute atomic E-state index is 0.0632. The zero-order valence-corrected chi connectivity index (χ0v) is 12.7. The minimum Gasteiger partial charge on any atom is -0.275 e. The van der Waals surface area contributed by atoms with Gasteiger partial charge in [-0.15, -0.1) is 6.58 Å². The van der Waals surface area contributed by atoms with Crippen LogP contribution in [-0.2, 0) is 9.59 Å². The van der Waals surface area contributed by atoms with Gasteiger partial charge in [0.2, 0.25) is 5.11 Å². The lowest BCUT2D eigenvalue weighted by molar-refractivity contribution is -0.143. The summed E-state index contributed by atoms with van der Waals surface area (Å²) >= 11 is 8.38. The number of nitrogens with zero attached hydrogens (tertiary/aromatic N) is 3. The fraction of sp³-hybridized carbons (Fsp3) is 0.0769. The summed E-state index contributed by atoms with van der Waals surface area (Å²) in [5.41, 5.74) is 0.790. The third-order valence-corrected chi connectivity index (χ3v) is 3.46. The fourth-order valence-electron chi connectivity index (χ4n) is 1.56. The molecule has 0 atom stereocenters. The molecule has 0 spiro atoms. The van der Waals surface area contributed by atoms with E-state index in [0.29, 0.717) is 0 Å². The SMILES string of the molecule is C=CCN1C(=O)C(=O)N(/N=C/c2ccc(Br)cc2)C1=S. The van der Waals surface area contributed by atoms with E-state index in [9.17, 15) is 9.59 Å². The predicted molar refractivity (Wildman–Crippen MR) is 83.1 cm³/mol. The van der Waals surface area contributed by atoms with Crippen LogP contribution in [0.2, 0.25) is 0 Å². The van der Waals surface area contributed by atoms with E-state index in [1.807, 2.05) is 24.3 Å². The van der Waals surface area contributed by atoms with Gasteiger partial charge in [-0.1, -0.05) is 34.1 Å². The monoisotopic (exact) mass is 351 g/mol. The summed E-state index contributed by atoms with van der Waals surface area (Å²) in [6.45, 7) is 3.71. The lowest BCUT2D eigenvalue weighted by Crippen LogP contribution is -2.31. The molecule has 0 N–H and O–H groups in total. The standard InChI is InChI=1S/C13H10BrN3O2S/c1-2-7-16-11(18)12(19)17(13(16)20)15-8-9-3-5-10(14)6-4-9/h2-6,8H,1,7H2/b15-8+. The van der Waals surface area contributed by atoms with E-state index < -0.39 is 11.8 Å². The second-order valence-electron chi connectivity index (χ2n) is 3.90. The first kappa shape index (κ1) is 14.5.